The molecule has 0 aliphatic carbocycles. The molecule has 0 unspecified atom stereocenters. The molecule has 29 heavy (non-hydrogen) atoms. The van der Waals surface area contributed by atoms with Crippen LogP contribution >= 0.6 is 12.4 Å². The van der Waals surface area contributed by atoms with Crippen LogP contribution < -0.4 is 5.32 Å². The lowest BCUT2D eigenvalue weighted by Gasteiger charge is -2.32. The number of hydrogen-bond acceptors (Lipinski definition) is 2. The Bertz CT molecular complexity index is 800. The molecule has 2 aromatic rings. The second-order valence-corrected chi connectivity index (χ2v) is 7.25. The van der Waals surface area contributed by atoms with Gasteiger partial charge in [-0.3, -0.25) is 4.79 Å². The molecule has 0 bridgehead atoms. The average Bonchev–Trinajstić information content (AvgIpc) is 2.71. The second kappa shape index (κ2) is 10.1. The SMILES string of the molecule is CNCCC1CCN(C(=O)c2ccccc2-c2ccc(C(F)(F)F)cc2)CC1.Cl. The first-order valence-electron chi connectivity index (χ1n) is 9.60. The fraction of sp³-hybridized carbons (Fsp3) is 0.409. The van der Waals surface area contributed by atoms with Gasteiger partial charge in [-0.25, -0.2) is 0 Å². The van der Waals surface area contributed by atoms with Gasteiger partial charge in [-0.05, 0) is 68.1 Å². The lowest BCUT2D eigenvalue weighted by Crippen LogP contribution is -2.39. The number of benzene rings is 2. The predicted molar refractivity (Wildman–Crippen MR) is 111 cm³/mol. The zero-order valence-corrected chi connectivity index (χ0v) is 17.2. The highest BCUT2D eigenvalue weighted by Gasteiger charge is 2.30. The fourth-order valence-electron chi connectivity index (χ4n) is 3.70. The topological polar surface area (TPSA) is 32.3 Å². The summed E-state index contributed by atoms with van der Waals surface area (Å²) in [5.41, 5.74) is 1.12. The number of piperidine rings is 1. The van der Waals surface area contributed by atoms with Gasteiger partial charge in [0.05, 0.1) is 5.56 Å². The van der Waals surface area contributed by atoms with Crippen LogP contribution in [0.5, 0.6) is 0 Å². The van der Waals surface area contributed by atoms with Crippen LogP contribution in [0.15, 0.2) is 48.5 Å². The smallest absolute Gasteiger partial charge is 0.339 e. The summed E-state index contributed by atoms with van der Waals surface area (Å²) < 4.78 is 38.5. The summed E-state index contributed by atoms with van der Waals surface area (Å²) in [6, 6.07) is 12.1. The van der Waals surface area contributed by atoms with Gasteiger partial charge < -0.3 is 10.2 Å². The standard InChI is InChI=1S/C22H25F3N2O.ClH/c1-26-13-10-16-11-14-27(15-12-16)21(28)20-5-3-2-4-19(20)17-6-8-18(9-7-17)22(23,24)25;/h2-9,16,26H,10-15H2,1H3;1H. The van der Waals surface area contributed by atoms with Crippen molar-refractivity contribution in [2.75, 3.05) is 26.7 Å². The van der Waals surface area contributed by atoms with E-state index in [0.29, 0.717) is 35.7 Å². The number of alkyl halides is 3. The number of amides is 1. The van der Waals surface area contributed by atoms with Crippen LogP contribution in [0.2, 0.25) is 0 Å². The van der Waals surface area contributed by atoms with Crippen molar-refractivity contribution < 1.29 is 18.0 Å². The summed E-state index contributed by atoms with van der Waals surface area (Å²) in [5, 5.41) is 3.16. The maximum absolute atomic E-state index is 13.1. The molecule has 0 saturated carbocycles. The van der Waals surface area contributed by atoms with Crippen molar-refractivity contribution in [3.05, 3.63) is 59.7 Å². The van der Waals surface area contributed by atoms with Crippen molar-refractivity contribution in [2.45, 2.75) is 25.4 Å². The first kappa shape index (κ1) is 23.2. The molecule has 1 aliphatic rings. The van der Waals surface area contributed by atoms with E-state index in [1.54, 1.807) is 24.3 Å². The minimum absolute atomic E-state index is 0. The summed E-state index contributed by atoms with van der Waals surface area (Å²) >= 11 is 0. The number of rotatable bonds is 5. The Balaban J connectivity index is 0.00000300. The van der Waals surface area contributed by atoms with Gasteiger partial charge in [0.2, 0.25) is 0 Å². The van der Waals surface area contributed by atoms with Crippen molar-refractivity contribution in [1.29, 1.82) is 0 Å². The number of carbonyl (C=O) groups is 1. The van der Waals surface area contributed by atoms with Crippen molar-refractivity contribution in [2.24, 2.45) is 5.92 Å². The molecule has 3 rings (SSSR count). The van der Waals surface area contributed by atoms with Gasteiger partial charge in [0.25, 0.3) is 5.91 Å². The summed E-state index contributed by atoms with van der Waals surface area (Å²) in [7, 11) is 1.94. The van der Waals surface area contributed by atoms with Gasteiger partial charge in [-0.15, -0.1) is 12.4 Å². The molecule has 0 atom stereocenters. The minimum Gasteiger partial charge on any atom is -0.339 e. The number of nitrogens with zero attached hydrogens (tertiary/aromatic N) is 1. The summed E-state index contributed by atoms with van der Waals surface area (Å²) in [6.07, 6.45) is -1.29. The minimum atomic E-state index is -4.37. The maximum Gasteiger partial charge on any atom is 0.416 e. The summed E-state index contributed by atoms with van der Waals surface area (Å²) in [6.45, 7) is 2.42. The van der Waals surface area contributed by atoms with Crippen molar-refractivity contribution in [3.63, 3.8) is 0 Å². The van der Waals surface area contributed by atoms with Gasteiger partial charge in [0.1, 0.15) is 0 Å². The molecule has 0 spiro atoms. The van der Waals surface area contributed by atoms with Gasteiger partial charge in [0, 0.05) is 18.7 Å². The third kappa shape index (κ3) is 5.73. The van der Waals surface area contributed by atoms with Crippen LogP contribution in [0.4, 0.5) is 13.2 Å². The summed E-state index contributed by atoms with van der Waals surface area (Å²) in [5.74, 6) is 0.573. The molecule has 1 N–H and O–H groups in total. The van der Waals surface area contributed by atoms with E-state index in [2.05, 4.69) is 5.32 Å². The Morgan fingerprint density at radius 2 is 1.69 bits per heavy atom. The van der Waals surface area contributed by atoms with E-state index in [1.807, 2.05) is 11.9 Å². The summed E-state index contributed by atoms with van der Waals surface area (Å²) in [4.78, 5) is 14.9. The zero-order valence-electron chi connectivity index (χ0n) is 16.3. The van der Waals surface area contributed by atoms with Crippen LogP contribution in [-0.2, 0) is 6.18 Å². The molecule has 7 heteroatoms. The molecular formula is C22H26ClF3N2O. The van der Waals surface area contributed by atoms with Gasteiger partial charge >= 0.3 is 6.18 Å². The van der Waals surface area contributed by atoms with E-state index in [1.165, 1.54) is 12.1 Å². The second-order valence-electron chi connectivity index (χ2n) is 7.25. The Kier molecular flexibility index (Phi) is 8.11. The van der Waals surface area contributed by atoms with Crippen molar-refractivity contribution in [1.82, 2.24) is 10.2 Å². The number of hydrogen-bond donors (Lipinski definition) is 1. The largest absolute Gasteiger partial charge is 0.416 e. The molecule has 0 aromatic heterocycles. The average molecular weight is 427 g/mol. The third-order valence-electron chi connectivity index (χ3n) is 5.39. The normalized spacial score (nSPS) is 15.1. The number of carbonyl (C=O) groups excluding carboxylic acids is 1. The Morgan fingerprint density at radius 1 is 1.07 bits per heavy atom. The van der Waals surface area contributed by atoms with E-state index < -0.39 is 11.7 Å². The zero-order chi connectivity index (χ0) is 20.1. The fourth-order valence-corrected chi connectivity index (χ4v) is 3.70. The molecule has 1 heterocycles. The molecule has 1 saturated heterocycles. The van der Waals surface area contributed by atoms with E-state index in [9.17, 15) is 18.0 Å². The Hall–Kier alpha value is -2.05. The van der Waals surface area contributed by atoms with Crippen LogP contribution in [0, 0.1) is 5.92 Å². The van der Waals surface area contributed by atoms with E-state index in [-0.39, 0.29) is 18.3 Å². The lowest BCUT2D eigenvalue weighted by molar-refractivity contribution is -0.137. The number of likely N-dealkylation sites (tertiary alicyclic amines) is 1. The molecule has 3 nitrogen and oxygen atoms in total. The highest BCUT2D eigenvalue weighted by Crippen LogP contribution is 2.32. The molecule has 1 fully saturated rings. The van der Waals surface area contributed by atoms with Gasteiger partial charge in [-0.1, -0.05) is 30.3 Å². The molecule has 0 radical (unpaired) electrons. The molecule has 1 aliphatic heterocycles. The quantitative estimate of drug-likeness (QED) is 0.707. The monoisotopic (exact) mass is 426 g/mol. The first-order chi connectivity index (χ1) is 13.4. The van der Waals surface area contributed by atoms with E-state index in [4.69, 9.17) is 0 Å². The van der Waals surface area contributed by atoms with Crippen LogP contribution in [0.1, 0.15) is 35.2 Å². The Morgan fingerprint density at radius 3 is 2.28 bits per heavy atom. The van der Waals surface area contributed by atoms with Gasteiger partial charge in [-0.2, -0.15) is 13.2 Å². The molecular weight excluding hydrogens is 401 g/mol. The third-order valence-corrected chi connectivity index (χ3v) is 5.39. The molecule has 2 aromatic carbocycles. The Labute approximate surface area is 175 Å². The first-order valence-corrected chi connectivity index (χ1v) is 9.60. The number of nitrogens with one attached hydrogen (secondary N) is 1. The predicted octanol–water partition coefficient (Wildman–Crippen LogP) is 5.26. The van der Waals surface area contributed by atoms with Crippen LogP contribution in [0.3, 0.4) is 0 Å². The highest BCUT2D eigenvalue weighted by atomic mass is 35.5. The molecule has 158 valence electrons. The van der Waals surface area contributed by atoms with Crippen LogP contribution in [-0.4, -0.2) is 37.5 Å². The lowest BCUT2D eigenvalue weighted by atomic mass is 9.92. The van der Waals surface area contributed by atoms with E-state index >= 15 is 0 Å². The molecule has 1 amide bonds. The maximum atomic E-state index is 13.1. The van der Waals surface area contributed by atoms with Crippen LogP contribution in [0.25, 0.3) is 11.1 Å². The number of halogens is 4. The highest BCUT2D eigenvalue weighted by molar-refractivity contribution is 6.01. The van der Waals surface area contributed by atoms with Gasteiger partial charge in [0.15, 0.2) is 0 Å². The van der Waals surface area contributed by atoms with Crippen molar-refractivity contribution in [3.8, 4) is 11.1 Å². The van der Waals surface area contributed by atoms with Crippen molar-refractivity contribution >= 4 is 18.3 Å². The van der Waals surface area contributed by atoms with E-state index in [0.717, 1.165) is 37.9 Å².